The van der Waals surface area contributed by atoms with E-state index in [0.29, 0.717) is 30.9 Å². The number of rotatable bonds is 8. The average molecular weight is 258 g/mol. The standard InChI is InChI=1S/C13H20ClNO2/c1-11(2)15-7-8-16-9-10-17-13-5-3-12(14)4-6-13/h3-6,11,15H,7-10H2,1-2H3. The van der Waals surface area contributed by atoms with E-state index in [4.69, 9.17) is 21.1 Å². The first-order chi connectivity index (χ1) is 8.18. The number of ether oxygens (including phenoxy) is 2. The van der Waals surface area contributed by atoms with Gasteiger partial charge in [-0.2, -0.15) is 0 Å². The van der Waals surface area contributed by atoms with Crippen LogP contribution in [-0.2, 0) is 4.74 Å². The topological polar surface area (TPSA) is 30.5 Å². The van der Waals surface area contributed by atoms with Crippen LogP contribution in [0.25, 0.3) is 0 Å². The molecule has 0 bridgehead atoms. The zero-order chi connectivity index (χ0) is 12.5. The van der Waals surface area contributed by atoms with Crippen LogP contribution in [0.2, 0.25) is 5.02 Å². The molecule has 1 N–H and O–H groups in total. The second-order valence-corrected chi connectivity index (χ2v) is 4.46. The zero-order valence-corrected chi connectivity index (χ0v) is 11.2. The largest absolute Gasteiger partial charge is 0.491 e. The van der Waals surface area contributed by atoms with E-state index in [1.54, 1.807) is 0 Å². The Labute approximate surface area is 108 Å². The van der Waals surface area contributed by atoms with Gasteiger partial charge >= 0.3 is 0 Å². The summed E-state index contributed by atoms with van der Waals surface area (Å²) in [5.41, 5.74) is 0. The molecule has 3 nitrogen and oxygen atoms in total. The molecule has 0 aromatic heterocycles. The highest BCUT2D eigenvalue weighted by atomic mass is 35.5. The van der Waals surface area contributed by atoms with Gasteiger partial charge in [0.05, 0.1) is 13.2 Å². The van der Waals surface area contributed by atoms with Crippen molar-refractivity contribution in [1.29, 1.82) is 0 Å². The lowest BCUT2D eigenvalue weighted by Gasteiger charge is -2.09. The van der Waals surface area contributed by atoms with Crippen molar-refractivity contribution < 1.29 is 9.47 Å². The van der Waals surface area contributed by atoms with E-state index < -0.39 is 0 Å². The van der Waals surface area contributed by atoms with Crippen LogP contribution in [0.4, 0.5) is 0 Å². The van der Waals surface area contributed by atoms with Crippen molar-refractivity contribution in [2.75, 3.05) is 26.4 Å². The van der Waals surface area contributed by atoms with Crippen LogP contribution in [0.5, 0.6) is 5.75 Å². The summed E-state index contributed by atoms with van der Waals surface area (Å²) in [6.07, 6.45) is 0. The fourth-order valence-electron chi connectivity index (χ4n) is 1.27. The van der Waals surface area contributed by atoms with Gasteiger partial charge < -0.3 is 14.8 Å². The van der Waals surface area contributed by atoms with E-state index in [9.17, 15) is 0 Å². The van der Waals surface area contributed by atoms with Gasteiger partial charge in [-0.25, -0.2) is 0 Å². The molecule has 0 atom stereocenters. The summed E-state index contributed by atoms with van der Waals surface area (Å²) in [6, 6.07) is 7.82. The minimum absolute atomic E-state index is 0.504. The number of hydrogen-bond donors (Lipinski definition) is 1. The molecule has 0 unspecified atom stereocenters. The molecular weight excluding hydrogens is 238 g/mol. The molecule has 0 aliphatic heterocycles. The Kier molecular flexibility index (Phi) is 7.01. The maximum Gasteiger partial charge on any atom is 0.119 e. The maximum atomic E-state index is 5.77. The van der Waals surface area contributed by atoms with E-state index in [0.717, 1.165) is 12.3 Å². The van der Waals surface area contributed by atoms with Crippen LogP contribution in [0, 0.1) is 0 Å². The molecule has 0 aliphatic rings. The monoisotopic (exact) mass is 257 g/mol. The normalized spacial score (nSPS) is 10.8. The Morgan fingerprint density at radius 2 is 1.82 bits per heavy atom. The third kappa shape index (κ3) is 7.21. The van der Waals surface area contributed by atoms with Gasteiger partial charge in [-0.15, -0.1) is 0 Å². The summed E-state index contributed by atoms with van der Waals surface area (Å²) in [5, 5.41) is 4.00. The summed E-state index contributed by atoms with van der Waals surface area (Å²) in [6.45, 7) is 6.97. The highest BCUT2D eigenvalue weighted by Crippen LogP contribution is 2.15. The van der Waals surface area contributed by atoms with E-state index in [-0.39, 0.29) is 0 Å². The molecule has 0 heterocycles. The van der Waals surface area contributed by atoms with Crippen molar-refractivity contribution in [1.82, 2.24) is 5.32 Å². The molecule has 0 radical (unpaired) electrons. The number of halogens is 1. The van der Waals surface area contributed by atoms with Gasteiger partial charge in [0.1, 0.15) is 12.4 Å². The van der Waals surface area contributed by atoms with Gasteiger partial charge in [0.15, 0.2) is 0 Å². The summed E-state index contributed by atoms with van der Waals surface area (Å²) in [5.74, 6) is 0.818. The van der Waals surface area contributed by atoms with Crippen LogP contribution in [0.1, 0.15) is 13.8 Å². The molecule has 1 rings (SSSR count). The highest BCUT2D eigenvalue weighted by Gasteiger charge is 1.95. The van der Waals surface area contributed by atoms with Gasteiger partial charge in [-0.1, -0.05) is 25.4 Å². The van der Waals surface area contributed by atoms with Crippen LogP contribution in [0.15, 0.2) is 24.3 Å². The van der Waals surface area contributed by atoms with Crippen LogP contribution in [-0.4, -0.2) is 32.4 Å². The van der Waals surface area contributed by atoms with Gasteiger partial charge in [-0.05, 0) is 24.3 Å². The van der Waals surface area contributed by atoms with Gasteiger partial charge in [0, 0.05) is 17.6 Å². The quantitative estimate of drug-likeness (QED) is 0.727. The van der Waals surface area contributed by atoms with Gasteiger partial charge in [0.25, 0.3) is 0 Å². The number of benzene rings is 1. The lowest BCUT2D eigenvalue weighted by molar-refractivity contribution is 0.101. The smallest absolute Gasteiger partial charge is 0.119 e. The van der Waals surface area contributed by atoms with Crippen molar-refractivity contribution >= 4 is 11.6 Å². The molecule has 4 heteroatoms. The molecule has 0 fully saturated rings. The van der Waals surface area contributed by atoms with Crippen LogP contribution >= 0.6 is 11.6 Å². The Balaban J connectivity index is 1.99. The number of nitrogens with one attached hydrogen (secondary N) is 1. The molecule has 17 heavy (non-hydrogen) atoms. The Morgan fingerprint density at radius 1 is 1.12 bits per heavy atom. The second kappa shape index (κ2) is 8.34. The van der Waals surface area contributed by atoms with E-state index in [1.165, 1.54) is 0 Å². The molecule has 1 aromatic carbocycles. The maximum absolute atomic E-state index is 5.77. The third-order valence-corrected chi connectivity index (χ3v) is 2.36. The van der Waals surface area contributed by atoms with E-state index in [1.807, 2.05) is 24.3 Å². The molecule has 0 saturated heterocycles. The molecule has 0 saturated carbocycles. The van der Waals surface area contributed by atoms with Crippen molar-refractivity contribution in [2.24, 2.45) is 0 Å². The van der Waals surface area contributed by atoms with Crippen molar-refractivity contribution in [3.8, 4) is 5.75 Å². The molecule has 0 amide bonds. The third-order valence-electron chi connectivity index (χ3n) is 2.11. The predicted molar refractivity (Wildman–Crippen MR) is 70.9 cm³/mol. The van der Waals surface area contributed by atoms with Crippen molar-refractivity contribution in [3.05, 3.63) is 29.3 Å². The van der Waals surface area contributed by atoms with Gasteiger partial charge in [-0.3, -0.25) is 0 Å². The highest BCUT2D eigenvalue weighted by molar-refractivity contribution is 6.30. The van der Waals surface area contributed by atoms with Crippen molar-refractivity contribution in [2.45, 2.75) is 19.9 Å². The summed E-state index contributed by atoms with van der Waals surface area (Å²) in [4.78, 5) is 0. The van der Waals surface area contributed by atoms with Crippen LogP contribution in [0.3, 0.4) is 0 Å². The fraction of sp³-hybridized carbons (Fsp3) is 0.538. The summed E-state index contributed by atoms with van der Waals surface area (Å²) < 4.78 is 10.9. The Hall–Kier alpha value is -0.770. The first-order valence-corrected chi connectivity index (χ1v) is 6.26. The minimum Gasteiger partial charge on any atom is -0.491 e. The van der Waals surface area contributed by atoms with E-state index >= 15 is 0 Å². The average Bonchev–Trinajstić information content (AvgIpc) is 2.30. The summed E-state index contributed by atoms with van der Waals surface area (Å²) >= 11 is 5.77. The first-order valence-electron chi connectivity index (χ1n) is 5.88. The second-order valence-electron chi connectivity index (χ2n) is 4.02. The molecule has 1 aromatic rings. The lowest BCUT2D eigenvalue weighted by Crippen LogP contribution is -2.27. The summed E-state index contributed by atoms with van der Waals surface area (Å²) in [7, 11) is 0. The zero-order valence-electron chi connectivity index (χ0n) is 10.4. The fourth-order valence-corrected chi connectivity index (χ4v) is 1.40. The molecule has 96 valence electrons. The van der Waals surface area contributed by atoms with E-state index in [2.05, 4.69) is 19.2 Å². The predicted octanol–water partition coefficient (Wildman–Crippen LogP) is 2.73. The SMILES string of the molecule is CC(C)NCCOCCOc1ccc(Cl)cc1. The first kappa shape index (κ1) is 14.3. The Bertz CT molecular complexity index is 301. The van der Waals surface area contributed by atoms with Gasteiger partial charge in [0.2, 0.25) is 0 Å². The number of hydrogen-bond acceptors (Lipinski definition) is 3. The van der Waals surface area contributed by atoms with Crippen molar-refractivity contribution in [3.63, 3.8) is 0 Å². The molecule has 0 spiro atoms. The minimum atomic E-state index is 0.504. The molecule has 0 aliphatic carbocycles. The Morgan fingerprint density at radius 3 is 2.47 bits per heavy atom. The lowest BCUT2D eigenvalue weighted by atomic mass is 10.3. The molecular formula is C13H20ClNO2. The van der Waals surface area contributed by atoms with Crippen LogP contribution < -0.4 is 10.1 Å².